The van der Waals surface area contributed by atoms with Crippen LogP contribution in [-0.4, -0.2) is 17.8 Å². The third-order valence-corrected chi connectivity index (χ3v) is 4.00. The molecule has 2 aromatic rings. The minimum atomic E-state index is -0.0899. The molecule has 22 heavy (non-hydrogen) atoms. The van der Waals surface area contributed by atoms with Crippen LogP contribution in [0.4, 0.5) is 5.69 Å². The molecule has 4 heteroatoms. The second kappa shape index (κ2) is 7.90. The van der Waals surface area contributed by atoms with Crippen LogP contribution < -0.4 is 10.1 Å². The number of hydrogen-bond donors (Lipinski definition) is 1. The molecule has 0 saturated heterocycles. The number of anilines is 1. The van der Waals surface area contributed by atoms with Gasteiger partial charge in [-0.15, -0.1) is 11.8 Å². The van der Waals surface area contributed by atoms with Gasteiger partial charge in [0.1, 0.15) is 5.75 Å². The van der Waals surface area contributed by atoms with Gasteiger partial charge in [0.05, 0.1) is 12.2 Å². The zero-order valence-corrected chi connectivity index (χ0v) is 13.9. The van der Waals surface area contributed by atoms with Crippen LogP contribution in [-0.2, 0) is 0 Å². The molecular formula is C18H21NO2S. The van der Waals surface area contributed by atoms with E-state index in [1.807, 2.05) is 55.5 Å². The lowest BCUT2D eigenvalue weighted by Gasteiger charge is -2.12. The average molecular weight is 315 g/mol. The van der Waals surface area contributed by atoms with E-state index in [1.165, 1.54) is 0 Å². The standard InChI is InChI=1S/C18H21NO2S/c1-4-21-15-11-9-14(10-12-15)19-18(20)16-7-5-6-8-17(16)22-13(2)3/h5-13H,4H2,1-3H3,(H,19,20). The summed E-state index contributed by atoms with van der Waals surface area (Å²) in [5.74, 6) is 0.712. The molecule has 1 N–H and O–H groups in total. The third kappa shape index (κ3) is 4.53. The Morgan fingerprint density at radius 3 is 2.45 bits per heavy atom. The Balaban J connectivity index is 2.12. The summed E-state index contributed by atoms with van der Waals surface area (Å²) in [5, 5.41) is 3.36. The van der Waals surface area contributed by atoms with Crippen molar-refractivity contribution >= 4 is 23.4 Å². The summed E-state index contributed by atoms with van der Waals surface area (Å²) in [5.41, 5.74) is 1.47. The summed E-state index contributed by atoms with van der Waals surface area (Å²) < 4.78 is 5.40. The van der Waals surface area contributed by atoms with Gasteiger partial charge in [-0.05, 0) is 43.3 Å². The quantitative estimate of drug-likeness (QED) is 0.775. The molecule has 0 fully saturated rings. The number of carbonyl (C=O) groups is 1. The number of nitrogens with one attached hydrogen (secondary N) is 1. The van der Waals surface area contributed by atoms with Crippen molar-refractivity contribution in [2.45, 2.75) is 30.9 Å². The highest BCUT2D eigenvalue weighted by Crippen LogP contribution is 2.27. The van der Waals surface area contributed by atoms with Crippen LogP contribution in [0, 0.1) is 0 Å². The van der Waals surface area contributed by atoms with Gasteiger partial charge in [-0.25, -0.2) is 0 Å². The van der Waals surface area contributed by atoms with Gasteiger partial charge in [0.15, 0.2) is 0 Å². The first-order chi connectivity index (χ1) is 10.6. The first-order valence-corrected chi connectivity index (χ1v) is 8.28. The monoisotopic (exact) mass is 315 g/mol. The van der Waals surface area contributed by atoms with E-state index in [4.69, 9.17) is 4.74 Å². The van der Waals surface area contributed by atoms with E-state index < -0.39 is 0 Å². The fourth-order valence-corrected chi connectivity index (χ4v) is 2.96. The lowest BCUT2D eigenvalue weighted by atomic mass is 10.2. The molecule has 0 spiro atoms. The van der Waals surface area contributed by atoms with E-state index >= 15 is 0 Å². The van der Waals surface area contributed by atoms with Gasteiger partial charge in [-0.1, -0.05) is 26.0 Å². The van der Waals surface area contributed by atoms with E-state index in [0.29, 0.717) is 17.4 Å². The Morgan fingerprint density at radius 1 is 1.14 bits per heavy atom. The molecule has 2 rings (SSSR count). The molecule has 0 unspecified atom stereocenters. The Bertz CT molecular complexity index is 623. The summed E-state index contributed by atoms with van der Waals surface area (Å²) in [6.45, 7) is 6.81. The predicted molar refractivity (Wildman–Crippen MR) is 93.0 cm³/mol. The Kier molecular flexibility index (Phi) is 5.90. The zero-order valence-electron chi connectivity index (χ0n) is 13.1. The Labute approximate surface area is 136 Å². The molecule has 0 saturated carbocycles. The van der Waals surface area contributed by atoms with Crippen molar-refractivity contribution in [3.05, 3.63) is 54.1 Å². The van der Waals surface area contributed by atoms with E-state index in [0.717, 1.165) is 16.3 Å². The SMILES string of the molecule is CCOc1ccc(NC(=O)c2ccccc2SC(C)C)cc1. The van der Waals surface area contributed by atoms with E-state index in [-0.39, 0.29) is 5.91 Å². The number of carbonyl (C=O) groups excluding carboxylic acids is 1. The average Bonchev–Trinajstić information content (AvgIpc) is 2.49. The topological polar surface area (TPSA) is 38.3 Å². The molecule has 0 aliphatic rings. The van der Waals surface area contributed by atoms with Crippen molar-refractivity contribution in [2.24, 2.45) is 0 Å². The minimum Gasteiger partial charge on any atom is -0.494 e. The molecule has 1 amide bonds. The fourth-order valence-electron chi connectivity index (χ4n) is 2.01. The molecule has 0 aliphatic heterocycles. The summed E-state index contributed by atoms with van der Waals surface area (Å²) in [4.78, 5) is 13.5. The van der Waals surface area contributed by atoms with E-state index in [9.17, 15) is 4.79 Å². The minimum absolute atomic E-state index is 0.0899. The van der Waals surface area contributed by atoms with Crippen molar-refractivity contribution in [3.63, 3.8) is 0 Å². The maximum atomic E-state index is 12.5. The first-order valence-electron chi connectivity index (χ1n) is 7.40. The Morgan fingerprint density at radius 2 is 1.82 bits per heavy atom. The molecule has 0 aliphatic carbocycles. The normalized spacial score (nSPS) is 10.5. The number of amides is 1. The highest BCUT2D eigenvalue weighted by Gasteiger charge is 2.12. The van der Waals surface area contributed by atoms with Crippen LogP contribution in [0.15, 0.2) is 53.4 Å². The van der Waals surface area contributed by atoms with Crippen LogP contribution in [0.5, 0.6) is 5.75 Å². The van der Waals surface area contributed by atoms with Gasteiger partial charge in [0, 0.05) is 15.8 Å². The number of rotatable bonds is 6. The van der Waals surface area contributed by atoms with E-state index in [2.05, 4.69) is 19.2 Å². The molecule has 3 nitrogen and oxygen atoms in total. The summed E-state index contributed by atoms with van der Waals surface area (Å²) >= 11 is 1.69. The van der Waals surface area contributed by atoms with Crippen molar-refractivity contribution in [2.75, 3.05) is 11.9 Å². The number of thioether (sulfide) groups is 1. The molecule has 0 atom stereocenters. The highest BCUT2D eigenvalue weighted by molar-refractivity contribution is 8.00. The molecular weight excluding hydrogens is 294 g/mol. The van der Waals surface area contributed by atoms with Gasteiger partial charge in [0.2, 0.25) is 0 Å². The maximum absolute atomic E-state index is 12.5. The molecule has 0 radical (unpaired) electrons. The van der Waals surface area contributed by atoms with Gasteiger partial charge in [0.25, 0.3) is 5.91 Å². The van der Waals surface area contributed by atoms with Crippen molar-refractivity contribution in [1.82, 2.24) is 0 Å². The lowest BCUT2D eigenvalue weighted by molar-refractivity contribution is 0.102. The van der Waals surface area contributed by atoms with Crippen LogP contribution >= 0.6 is 11.8 Å². The third-order valence-electron chi connectivity index (χ3n) is 2.92. The van der Waals surface area contributed by atoms with Crippen molar-refractivity contribution in [3.8, 4) is 5.75 Å². The van der Waals surface area contributed by atoms with Gasteiger partial charge < -0.3 is 10.1 Å². The second-order valence-electron chi connectivity index (χ2n) is 5.07. The second-order valence-corrected chi connectivity index (χ2v) is 6.69. The molecule has 0 bridgehead atoms. The summed E-state index contributed by atoms with van der Waals surface area (Å²) in [6, 6.07) is 15.1. The van der Waals surface area contributed by atoms with E-state index in [1.54, 1.807) is 11.8 Å². The number of hydrogen-bond acceptors (Lipinski definition) is 3. The zero-order chi connectivity index (χ0) is 15.9. The smallest absolute Gasteiger partial charge is 0.256 e. The van der Waals surface area contributed by atoms with Crippen molar-refractivity contribution < 1.29 is 9.53 Å². The molecule has 116 valence electrons. The van der Waals surface area contributed by atoms with Crippen LogP contribution in [0.1, 0.15) is 31.1 Å². The van der Waals surface area contributed by atoms with Crippen LogP contribution in [0.25, 0.3) is 0 Å². The van der Waals surface area contributed by atoms with Gasteiger partial charge in [-0.3, -0.25) is 4.79 Å². The number of ether oxygens (including phenoxy) is 1. The fraction of sp³-hybridized carbons (Fsp3) is 0.278. The van der Waals surface area contributed by atoms with Crippen molar-refractivity contribution in [1.29, 1.82) is 0 Å². The first kappa shape index (κ1) is 16.4. The highest BCUT2D eigenvalue weighted by atomic mass is 32.2. The number of benzene rings is 2. The lowest BCUT2D eigenvalue weighted by Crippen LogP contribution is -2.13. The largest absolute Gasteiger partial charge is 0.494 e. The predicted octanol–water partition coefficient (Wildman–Crippen LogP) is 4.84. The molecule has 0 heterocycles. The maximum Gasteiger partial charge on any atom is 0.256 e. The van der Waals surface area contributed by atoms with Crippen LogP contribution in [0.2, 0.25) is 0 Å². The summed E-state index contributed by atoms with van der Waals surface area (Å²) in [6.07, 6.45) is 0. The molecule has 0 aromatic heterocycles. The van der Waals surface area contributed by atoms with Crippen LogP contribution in [0.3, 0.4) is 0 Å². The molecule has 2 aromatic carbocycles. The van der Waals surface area contributed by atoms with Gasteiger partial charge in [-0.2, -0.15) is 0 Å². The Hall–Kier alpha value is -1.94. The van der Waals surface area contributed by atoms with Gasteiger partial charge >= 0.3 is 0 Å². The summed E-state index contributed by atoms with van der Waals surface area (Å²) in [7, 11) is 0.